The number of hydrogen-bond donors (Lipinski definition) is 1. The maximum Gasteiger partial charge on any atom is 0.416 e. The van der Waals surface area contributed by atoms with Crippen molar-refractivity contribution >= 4 is 16.0 Å². The highest BCUT2D eigenvalue weighted by molar-refractivity contribution is 7.92. The molecule has 0 fully saturated rings. The molecule has 0 amide bonds. The SMILES string of the molecule is CCOc1nnc(NS(=O)(=O)c2ccccc2)o1. The van der Waals surface area contributed by atoms with Crippen molar-refractivity contribution in [2.45, 2.75) is 11.8 Å². The number of hydrogen-bond acceptors (Lipinski definition) is 6. The number of benzene rings is 1. The van der Waals surface area contributed by atoms with Gasteiger partial charge < -0.3 is 9.15 Å². The first-order valence-electron chi connectivity index (χ1n) is 5.16. The Morgan fingerprint density at radius 2 is 2.00 bits per heavy atom. The molecule has 0 aliphatic rings. The fourth-order valence-corrected chi connectivity index (χ4v) is 2.15. The van der Waals surface area contributed by atoms with Gasteiger partial charge in [0.2, 0.25) is 0 Å². The summed E-state index contributed by atoms with van der Waals surface area (Å²) >= 11 is 0. The average Bonchev–Trinajstić information content (AvgIpc) is 2.77. The van der Waals surface area contributed by atoms with E-state index in [4.69, 9.17) is 9.15 Å². The van der Waals surface area contributed by atoms with Crippen LogP contribution < -0.4 is 9.46 Å². The van der Waals surface area contributed by atoms with Crippen molar-refractivity contribution in [3.63, 3.8) is 0 Å². The first-order valence-corrected chi connectivity index (χ1v) is 6.64. The lowest BCUT2D eigenvalue weighted by Crippen LogP contribution is -2.12. The molecule has 0 aliphatic heterocycles. The van der Waals surface area contributed by atoms with Gasteiger partial charge in [-0.3, -0.25) is 0 Å². The number of sulfonamides is 1. The number of rotatable bonds is 5. The molecule has 0 spiro atoms. The van der Waals surface area contributed by atoms with Crippen molar-refractivity contribution in [2.24, 2.45) is 0 Å². The average molecular weight is 269 g/mol. The molecule has 0 atom stereocenters. The molecule has 2 aromatic rings. The van der Waals surface area contributed by atoms with Crippen LogP contribution >= 0.6 is 0 Å². The summed E-state index contributed by atoms with van der Waals surface area (Å²) in [6, 6.07) is 7.65. The standard InChI is InChI=1S/C10H11N3O4S/c1-2-16-10-12-11-9(17-10)13-18(14,15)8-6-4-3-5-7-8/h3-7H,2H2,1H3,(H,11,13). The zero-order chi connectivity index (χ0) is 13.0. The van der Waals surface area contributed by atoms with Gasteiger partial charge in [0, 0.05) is 0 Å². The van der Waals surface area contributed by atoms with Gasteiger partial charge in [0.05, 0.1) is 11.5 Å². The van der Waals surface area contributed by atoms with Crippen molar-refractivity contribution in [3.05, 3.63) is 30.3 Å². The Labute approximate surface area is 104 Å². The molecule has 0 aliphatic carbocycles. The van der Waals surface area contributed by atoms with E-state index in [2.05, 4.69) is 14.9 Å². The van der Waals surface area contributed by atoms with Crippen LogP contribution in [0.25, 0.3) is 0 Å². The molecular weight excluding hydrogens is 258 g/mol. The minimum absolute atomic E-state index is 0.0803. The molecule has 0 radical (unpaired) electrons. The molecular formula is C10H11N3O4S. The van der Waals surface area contributed by atoms with E-state index < -0.39 is 10.0 Å². The number of anilines is 1. The zero-order valence-electron chi connectivity index (χ0n) is 9.53. The zero-order valence-corrected chi connectivity index (χ0v) is 10.3. The molecule has 0 saturated carbocycles. The minimum Gasteiger partial charge on any atom is -0.449 e. The van der Waals surface area contributed by atoms with Gasteiger partial charge in [0.1, 0.15) is 0 Å². The summed E-state index contributed by atoms with van der Waals surface area (Å²) in [7, 11) is -3.72. The van der Waals surface area contributed by atoms with Crippen LogP contribution in [0.15, 0.2) is 39.6 Å². The lowest BCUT2D eigenvalue weighted by atomic mass is 10.4. The highest BCUT2D eigenvalue weighted by Gasteiger charge is 2.17. The van der Waals surface area contributed by atoms with Crippen molar-refractivity contribution in [3.8, 4) is 6.08 Å². The third kappa shape index (κ3) is 2.77. The van der Waals surface area contributed by atoms with E-state index in [1.54, 1.807) is 25.1 Å². The van der Waals surface area contributed by atoms with E-state index >= 15 is 0 Å². The fraction of sp³-hybridized carbons (Fsp3) is 0.200. The normalized spacial score (nSPS) is 11.2. The van der Waals surface area contributed by atoms with E-state index in [1.165, 1.54) is 12.1 Å². The van der Waals surface area contributed by atoms with E-state index in [0.29, 0.717) is 6.61 Å². The van der Waals surface area contributed by atoms with Gasteiger partial charge in [0.15, 0.2) is 0 Å². The van der Waals surface area contributed by atoms with Crippen LogP contribution in [0.1, 0.15) is 6.92 Å². The maximum absolute atomic E-state index is 11.9. The molecule has 0 unspecified atom stereocenters. The summed E-state index contributed by atoms with van der Waals surface area (Å²) in [6.45, 7) is 2.10. The third-order valence-electron chi connectivity index (χ3n) is 1.95. The van der Waals surface area contributed by atoms with Gasteiger partial charge in [0.25, 0.3) is 10.0 Å². The Hall–Kier alpha value is -2.09. The summed E-state index contributed by atoms with van der Waals surface area (Å²) in [6.07, 6.45) is -0.0803. The van der Waals surface area contributed by atoms with Gasteiger partial charge in [-0.25, -0.2) is 13.1 Å². The Morgan fingerprint density at radius 1 is 1.28 bits per heavy atom. The van der Waals surface area contributed by atoms with Crippen LogP contribution in [0.5, 0.6) is 6.08 Å². The Bertz CT molecular complexity index is 609. The summed E-state index contributed by atoms with van der Waals surface area (Å²) < 4.78 is 35.8. The van der Waals surface area contributed by atoms with Gasteiger partial charge >= 0.3 is 12.1 Å². The molecule has 2 rings (SSSR count). The van der Waals surface area contributed by atoms with Crippen LogP contribution in [0.4, 0.5) is 6.01 Å². The Morgan fingerprint density at radius 3 is 2.67 bits per heavy atom. The molecule has 18 heavy (non-hydrogen) atoms. The van der Waals surface area contributed by atoms with Gasteiger partial charge in [-0.1, -0.05) is 28.4 Å². The van der Waals surface area contributed by atoms with Crippen LogP contribution in [0, 0.1) is 0 Å². The first-order chi connectivity index (χ1) is 8.62. The second-order valence-electron chi connectivity index (χ2n) is 3.22. The van der Waals surface area contributed by atoms with Crippen LogP contribution in [0.2, 0.25) is 0 Å². The van der Waals surface area contributed by atoms with Crippen molar-refractivity contribution in [2.75, 3.05) is 11.3 Å². The van der Waals surface area contributed by atoms with E-state index in [-0.39, 0.29) is 17.0 Å². The lowest BCUT2D eigenvalue weighted by Gasteiger charge is -2.02. The van der Waals surface area contributed by atoms with Crippen LogP contribution in [-0.2, 0) is 10.0 Å². The summed E-state index contributed by atoms with van der Waals surface area (Å²) in [5.74, 6) is 0. The molecule has 1 aromatic heterocycles. The Balaban J connectivity index is 2.17. The first kappa shape index (κ1) is 12.4. The molecule has 7 nitrogen and oxygen atoms in total. The van der Waals surface area contributed by atoms with Gasteiger partial charge in [-0.05, 0) is 19.1 Å². The van der Waals surface area contributed by atoms with E-state index in [1.807, 2.05) is 0 Å². The smallest absolute Gasteiger partial charge is 0.416 e. The van der Waals surface area contributed by atoms with Gasteiger partial charge in [-0.2, -0.15) is 0 Å². The fourth-order valence-electron chi connectivity index (χ4n) is 1.21. The summed E-state index contributed by atoms with van der Waals surface area (Å²) in [4.78, 5) is 0.112. The number of aromatic nitrogens is 2. The molecule has 96 valence electrons. The second kappa shape index (κ2) is 5.05. The largest absolute Gasteiger partial charge is 0.449 e. The summed E-state index contributed by atoms with van der Waals surface area (Å²) in [5.41, 5.74) is 0. The number of nitrogens with zero attached hydrogens (tertiary/aromatic N) is 2. The quantitative estimate of drug-likeness (QED) is 0.878. The topological polar surface area (TPSA) is 94.3 Å². The number of nitrogens with one attached hydrogen (secondary N) is 1. The molecule has 1 aromatic carbocycles. The van der Waals surface area contributed by atoms with Crippen molar-refractivity contribution < 1.29 is 17.6 Å². The molecule has 1 N–H and O–H groups in total. The maximum atomic E-state index is 11.9. The predicted molar refractivity (Wildman–Crippen MR) is 62.7 cm³/mol. The molecule has 0 bridgehead atoms. The lowest BCUT2D eigenvalue weighted by molar-refractivity contribution is 0.247. The van der Waals surface area contributed by atoms with E-state index in [9.17, 15) is 8.42 Å². The highest BCUT2D eigenvalue weighted by Crippen LogP contribution is 2.17. The second-order valence-corrected chi connectivity index (χ2v) is 4.91. The predicted octanol–water partition coefficient (Wildman–Crippen LogP) is 1.27. The number of ether oxygens (including phenoxy) is 1. The van der Waals surface area contributed by atoms with Crippen molar-refractivity contribution in [1.82, 2.24) is 10.2 Å². The van der Waals surface area contributed by atoms with Gasteiger partial charge in [-0.15, -0.1) is 0 Å². The molecule has 8 heteroatoms. The van der Waals surface area contributed by atoms with Crippen LogP contribution in [-0.4, -0.2) is 25.2 Å². The molecule has 0 saturated heterocycles. The summed E-state index contributed by atoms with van der Waals surface area (Å²) in [5, 5.41) is 7.03. The molecule has 1 heterocycles. The van der Waals surface area contributed by atoms with E-state index in [0.717, 1.165) is 0 Å². The minimum atomic E-state index is -3.72. The third-order valence-corrected chi connectivity index (χ3v) is 3.29. The monoisotopic (exact) mass is 269 g/mol. The Kier molecular flexibility index (Phi) is 3.47. The highest BCUT2D eigenvalue weighted by atomic mass is 32.2. The van der Waals surface area contributed by atoms with Crippen molar-refractivity contribution in [1.29, 1.82) is 0 Å². The van der Waals surface area contributed by atoms with Crippen LogP contribution in [0.3, 0.4) is 0 Å².